The van der Waals surface area contributed by atoms with Gasteiger partial charge < -0.3 is 21.3 Å². The molecule has 0 saturated heterocycles. The Hall–Kier alpha value is -3.11. The van der Waals surface area contributed by atoms with Gasteiger partial charge in [0, 0.05) is 38.4 Å². The summed E-state index contributed by atoms with van der Waals surface area (Å²) in [6, 6.07) is 16.7. The third-order valence-corrected chi connectivity index (χ3v) is 6.16. The second-order valence-electron chi connectivity index (χ2n) is 9.38. The molecule has 0 amide bonds. The number of hydrogen-bond donors (Lipinski definition) is 3. The van der Waals surface area contributed by atoms with Crippen molar-refractivity contribution in [3.8, 4) is 6.07 Å². The Labute approximate surface area is 270 Å². The van der Waals surface area contributed by atoms with Gasteiger partial charge in [-0.05, 0) is 64.4 Å². The van der Waals surface area contributed by atoms with Crippen molar-refractivity contribution >= 4 is 23.6 Å². The SMILES string of the molecule is C=C(NC(CNC)C(=C)C)c1ccc(CCC(C#N)c2cccc(C)c2)cc1Cl.CC.CC.CCN.CCN(C)C=NC. The average Bonchev–Trinajstić information content (AvgIpc) is 3.00. The molecule has 4 N–H and O–H groups in total. The zero-order valence-electron chi connectivity index (χ0n) is 29.0. The number of nitrogens with two attached hydrogens (primary N) is 1. The van der Waals surface area contributed by atoms with Gasteiger partial charge in [-0.3, -0.25) is 4.99 Å². The average molecular weight is 613 g/mol. The Morgan fingerprint density at radius 3 is 2.16 bits per heavy atom. The van der Waals surface area contributed by atoms with E-state index in [4.69, 9.17) is 17.3 Å². The zero-order valence-corrected chi connectivity index (χ0v) is 29.8. The minimum Gasteiger partial charge on any atom is -0.377 e. The van der Waals surface area contributed by atoms with Crippen LogP contribution >= 0.6 is 11.6 Å². The lowest BCUT2D eigenvalue weighted by atomic mass is 9.92. The number of nitriles is 1. The smallest absolute Gasteiger partial charge is 0.0843 e. The fourth-order valence-electron chi connectivity index (χ4n) is 3.58. The first-order valence-electron chi connectivity index (χ1n) is 15.4. The Morgan fingerprint density at radius 2 is 1.74 bits per heavy atom. The van der Waals surface area contributed by atoms with Crippen molar-refractivity contribution in [2.75, 3.05) is 40.8 Å². The van der Waals surface area contributed by atoms with E-state index in [0.717, 1.165) is 60.4 Å². The summed E-state index contributed by atoms with van der Waals surface area (Å²) in [6.45, 7) is 26.7. The molecule has 0 radical (unpaired) electrons. The van der Waals surface area contributed by atoms with Gasteiger partial charge in [0.25, 0.3) is 0 Å². The van der Waals surface area contributed by atoms with Crippen LogP contribution in [0.3, 0.4) is 0 Å². The first-order chi connectivity index (χ1) is 20.6. The van der Waals surface area contributed by atoms with Crippen molar-refractivity contribution in [2.24, 2.45) is 10.7 Å². The van der Waals surface area contributed by atoms with E-state index in [1.165, 1.54) is 5.56 Å². The number of hydrogen-bond acceptors (Lipinski definition) is 5. The second-order valence-corrected chi connectivity index (χ2v) is 9.79. The van der Waals surface area contributed by atoms with E-state index in [1.807, 2.05) is 97.8 Å². The van der Waals surface area contributed by atoms with Crippen molar-refractivity contribution in [1.29, 1.82) is 5.26 Å². The Bertz CT molecular complexity index is 1070. The minimum absolute atomic E-state index is 0.0916. The van der Waals surface area contributed by atoms with Gasteiger partial charge in [0.1, 0.15) is 0 Å². The molecule has 2 aromatic rings. The fraction of sp³-hybridized carbons (Fsp3) is 0.500. The molecular weight excluding hydrogens is 552 g/mol. The highest BCUT2D eigenvalue weighted by Gasteiger charge is 2.14. The largest absolute Gasteiger partial charge is 0.377 e. The number of benzene rings is 2. The molecule has 0 heterocycles. The van der Waals surface area contributed by atoms with E-state index in [0.29, 0.717) is 5.02 Å². The summed E-state index contributed by atoms with van der Waals surface area (Å²) in [5.41, 5.74) is 10.9. The third-order valence-electron chi connectivity index (χ3n) is 5.84. The van der Waals surface area contributed by atoms with E-state index in [2.05, 4.69) is 53.9 Å². The molecule has 0 spiro atoms. The molecule has 242 valence electrons. The van der Waals surface area contributed by atoms with Crippen molar-refractivity contribution in [1.82, 2.24) is 15.5 Å². The van der Waals surface area contributed by atoms with E-state index in [9.17, 15) is 5.26 Å². The van der Waals surface area contributed by atoms with Crippen LogP contribution in [0.1, 0.15) is 83.1 Å². The monoisotopic (exact) mass is 612 g/mol. The summed E-state index contributed by atoms with van der Waals surface area (Å²) in [7, 11) is 5.67. The predicted octanol–water partition coefficient (Wildman–Crippen LogP) is 8.23. The fourth-order valence-corrected chi connectivity index (χ4v) is 3.90. The highest BCUT2D eigenvalue weighted by Crippen LogP contribution is 2.27. The number of halogens is 1. The molecule has 0 aromatic heterocycles. The van der Waals surface area contributed by atoms with Gasteiger partial charge >= 0.3 is 0 Å². The number of rotatable bonds is 12. The molecule has 43 heavy (non-hydrogen) atoms. The first kappa shape index (κ1) is 44.3. The van der Waals surface area contributed by atoms with Gasteiger partial charge in [0.15, 0.2) is 0 Å². The lowest BCUT2D eigenvalue weighted by Gasteiger charge is -2.22. The van der Waals surface area contributed by atoms with Crippen LogP contribution in [0.15, 0.2) is 66.2 Å². The third kappa shape index (κ3) is 20.4. The van der Waals surface area contributed by atoms with Gasteiger partial charge in [0.05, 0.1) is 29.4 Å². The number of nitrogens with one attached hydrogen (secondary N) is 2. The molecule has 0 fully saturated rings. The molecule has 0 bridgehead atoms. The molecule has 2 rings (SSSR count). The molecule has 2 unspecified atom stereocenters. The quantitative estimate of drug-likeness (QED) is 0.128. The van der Waals surface area contributed by atoms with Crippen molar-refractivity contribution in [3.63, 3.8) is 0 Å². The van der Waals surface area contributed by atoms with Crippen LogP contribution in [0.5, 0.6) is 0 Å². The summed E-state index contributed by atoms with van der Waals surface area (Å²) >= 11 is 6.55. The summed E-state index contributed by atoms with van der Waals surface area (Å²) in [4.78, 5) is 5.82. The predicted molar refractivity (Wildman–Crippen MR) is 194 cm³/mol. The molecule has 7 heteroatoms. The lowest BCUT2D eigenvalue weighted by molar-refractivity contribution is 0.551. The van der Waals surface area contributed by atoms with Crippen molar-refractivity contribution in [2.45, 2.75) is 80.2 Å². The molecule has 2 atom stereocenters. The zero-order chi connectivity index (χ0) is 33.8. The topological polar surface area (TPSA) is 89.5 Å². The van der Waals surface area contributed by atoms with Gasteiger partial charge in [-0.1, -0.05) is 107 Å². The highest BCUT2D eigenvalue weighted by molar-refractivity contribution is 6.32. The van der Waals surface area contributed by atoms with E-state index in [1.54, 1.807) is 13.4 Å². The molecule has 0 aliphatic heterocycles. The number of likely N-dealkylation sites (N-methyl/N-ethyl adjacent to an activating group) is 1. The van der Waals surface area contributed by atoms with Gasteiger partial charge in [-0.15, -0.1) is 0 Å². The van der Waals surface area contributed by atoms with Crippen molar-refractivity contribution in [3.05, 3.63) is 88.5 Å². The molecule has 0 aliphatic rings. The maximum atomic E-state index is 9.58. The van der Waals surface area contributed by atoms with Crippen LogP contribution in [-0.4, -0.2) is 58.1 Å². The van der Waals surface area contributed by atoms with Gasteiger partial charge in [-0.2, -0.15) is 5.26 Å². The molecule has 6 nitrogen and oxygen atoms in total. The maximum Gasteiger partial charge on any atom is 0.0843 e. The van der Waals surface area contributed by atoms with Gasteiger partial charge in [-0.25, -0.2) is 0 Å². The maximum absolute atomic E-state index is 9.58. The van der Waals surface area contributed by atoms with Crippen LogP contribution in [0.4, 0.5) is 0 Å². The normalized spacial score (nSPS) is 10.9. The van der Waals surface area contributed by atoms with Crippen molar-refractivity contribution < 1.29 is 0 Å². The Balaban J connectivity index is -0.000000963. The Morgan fingerprint density at radius 1 is 1.14 bits per heavy atom. The molecular formula is C36H61ClN6. The molecule has 0 saturated carbocycles. The number of aliphatic imine (C=N–C) groups is 1. The van der Waals surface area contributed by atoms with Crippen LogP contribution in [0, 0.1) is 18.3 Å². The number of aryl methyl sites for hydroxylation is 2. The van der Waals surface area contributed by atoms with Gasteiger partial charge in [0.2, 0.25) is 0 Å². The first-order valence-corrected chi connectivity index (χ1v) is 15.8. The van der Waals surface area contributed by atoms with E-state index in [-0.39, 0.29) is 12.0 Å². The summed E-state index contributed by atoms with van der Waals surface area (Å²) in [5.74, 6) is -0.122. The second kappa shape index (κ2) is 29.0. The molecule has 0 aliphatic carbocycles. The van der Waals surface area contributed by atoms with Crippen LogP contribution < -0.4 is 16.4 Å². The van der Waals surface area contributed by atoms with Crippen LogP contribution in [-0.2, 0) is 6.42 Å². The standard InChI is InChI=1S/C25H30ClN3.C5H12N2.C2H7N.2C2H6/c1-17(2)25(16-28-5)29-19(4)23-12-10-20(14-24(23)26)9-11-22(15-27)21-8-6-7-18(3)13-21;1-4-7(3)5-6-2;1-2-3;2*1-2/h6-8,10,12-14,22,25,28-29H,1,4,9,11,16H2,2-3,5H3;5H,4H2,1-3H3;2-3H2,1H3;2*1-2H3. The van der Waals surface area contributed by atoms with Crippen LogP contribution in [0.25, 0.3) is 5.70 Å². The lowest BCUT2D eigenvalue weighted by Crippen LogP contribution is -2.37. The summed E-state index contributed by atoms with van der Waals surface area (Å²) in [5, 5.41) is 16.8. The van der Waals surface area contributed by atoms with E-state index < -0.39 is 0 Å². The summed E-state index contributed by atoms with van der Waals surface area (Å²) < 4.78 is 0. The molecule has 2 aromatic carbocycles. The minimum atomic E-state index is -0.122. The summed E-state index contributed by atoms with van der Waals surface area (Å²) in [6.07, 6.45) is 3.36. The number of nitrogens with zero attached hydrogens (tertiary/aromatic N) is 3. The highest BCUT2D eigenvalue weighted by atomic mass is 35.5. The van der Waals surface area contributed by atoms with E-state index >= 15 is 0 Å². The van der Waals surface area contributed by atoms with Crippen LogP contribution in [0.2, 0.25) is 5.02 Å². The Kier molecular flexibility index (Phi) is 29.9.